The fourth-order valence-corrected chi connectivity index (χ4v) is 6.23. The van der Waals surface area contributed by atoms with Crippen molar-refractivity contribution in [1.29, 1.82) is 0 Å². The number of aromatic nitrogens is 3. The molecule has 37 heavy (non-hydrogen) atoms. The first kappa shape index (κ1) is 23.5. The summed E-state index contributed by atoms with van der Waals surface area (Å²) < 4.78 is 29.3. The maximum atomic E-state index is 13.2. The number of fused-ring (bicyclic) bond motifs is 3. The van der Waals surface area contributed by atoms with Crippen LogP contribution in [-0.4, -0.2) is 53.4 Å². The number of aryl methyl sites for hydroxylation is 1. The van der Waals surface area contributed by atoms with E-state index in [1.54, 1.807) is 41.1 Å². The van der Waals surface area contributed by atoms with Crippen LogP contribution < -0.4 is 10.9 Å². The summed E-state index contributed by atoms with van der Waals surface area (Å²) in [4.78, 5) is 22.4. The van der Waals surface area contributed by atoms with E-state index in [1.807, 2.05) is 43.5 Å². The maximum Gasteiger partial charge on any atom is 0.255 e. The van der Waals surface area contributed by atoms with Crippen LogP contribution in [0.3, 0.4) is 0 Å². The molecule has 0 aliphatic carbocycles. The van der Waals surface area contributed by atoms with Gasteiger partial charge in [-0.15, -0.1) is 0 Å². The second kappa shape index (κ2) is 9.19. The Kier molecular flexibility index (Phi) is 5.83. The van der Waals surface area contributed by atoms with Gasteiger partial charge in [0.05, 0.1) is 15.9 Å². The average molecular weight is 512 g/mol. The highest BCUT2D eigenvalue weighted by atomic mass is 32.2. The summed E-state index contributed by atoms with van der Waals surface area (Å²) in [6, 6.07) is 19.7. The van der Waals surface area contributed by atoms with Gasteiger partial charge in [0.25, 0.3) is 5.56 Å². The van der Waals surface area contributed by atoms with Crippen LogP contribution in [0.4, 0.5) is 0 Å². The molecule has 1 aliphatic rings. The summed E-state index contributed by atoms with van der Waals surface area (Å²) in [7, 11) is -3.60. The first-order valence-corrected chi connectivity index (χ1v) is 13.5. The van der Waals surface area contributed by atoms with Crippen molar-refractivity contribution in [1.82, 2.24) is 24.2 Å². The number of nitrogens with zero attached hydrogens (tertiary/aromatic N) is 4. The molecule has 0 saturated carbocycles. The molecule has 1 aliphatic heterocycles. The highest BCUT2D eigenvalue weighted by Gasteiger charge is 2.25. The van der Waals surface area contributed by atoms with E-state index in [0.717, 1.165) is 38.6 Å². The quantitative estimate of drug-likeness (QED) is 0.371. The van der Waals surface area contributed by atoms with Crippen LogP contribution in [0.25, 0.3) is 38.6 Å². The van der Waals surface area contributed by atoms with Gasteiger partial charge in [0.2, 0.25) is 10.0 Å². The van der Waals surface area contributed by atoms with Crippen molar-refractivity contribution in [3.05, 3.63) is 95.2 Å². The van der Waals surface area contributed by atoms with Gasteiger partial charge in [0.1, 0.15) is 0 Å². The third-order valence-electron chi connectivity index (χ3n) is 6.77. The minimum Gasteiger partial charge on any atom is -0.314 e. The number of pyridine rings is 3. The Morgan fingerprint density at radius 2 is 1.59 bits per heavy atom. The number of sulfonamides is 1. The molecule has 0 radical (unpaired) electrons. The molecule has 1 N–H and O–H groups in total. The zero-order chi connectivity index (χ0) is 25.6. The predicted molar refractivity (Wildman–Crippen MR) is 144 cm³/mol. The highest BCUT2D eigenvalue weighted by molar-refractivity contribution is 7.89. The average Bonchev–Trinajstić information content (AvgIpc) is 2.93. The van der Waals surface area contributed by atoms with Crippen molar-refractivity contribution < 1.29 is 8.42 Å². The van der Waals surface area contributed by atoms with E-state index in [2.05, 4.69) is 15.3 Å². The van der Waals surface area contributed by atoms with Crippen molar-refractivity contribution in [3.63, 3.8) is 0 Å². The van der Waals surface area contributed by atoms with Gasteiger partial charge in [-0.25, -0.2) is 8.42 Å². The fraction of sp³-hybridized carbons (Fsp3) is 0.179. The Balaban J connectivity index is 1.51. The Bertz CT molecular complexity index is 1790. The zero-order valence-electron chi connectivity index (χ0n) is 20.3. The molecule has 2 aromatic carbocycles. The van der Waals surface area contributed by atoms with E-state index in [4.69, 9.17) is 0 Å². The van der Waals surface area contributed by atoms with Crippen LogP contribution >= 0.6 is 0 Å². The lowest BCUT2D eigenvalue weighted by molar-refractivity contribution is 0.360. The summed E-state index contributed by atoms with van der Waals surface area (Å²) in [5.74, 6) is 0. The van der Waals surface area contributed by atoms with E-state index < -0.39 is 10.0 Å². The molecule has 0 spiro atoms. The van der Waals surface area contributed by atoms with Crippen molar-refractivity contribution in [2.24, 2.45) is 0 Å². The van der Waals surface area contributed by atoms with Gasteiger partial charge in [-0.3, -0.25) is 19.3 Å². The molecule has 8 nitrogen and oxygen atoms in total. The van der Waals surface area contributed by atoms with Crippen molar-refractivity contribution in [3.8, 4) is 16.8 Å². The first-order valence-electron chi connectivity index (χ1n) is 12.1. The Hall–Kier alpha value is -3.92. The lowest BCUT2D eigenvalue weighted by Crippen LogP contribution is -2.46. The molecule has 3 aromatic heterocycles. The number of benzene rings is 2. The van der Waals surface area contributed by atoms with Crippen molar-refractivity contribution >= 4 is 31.8 Å². The lowest BCUT2D eigenvalue weighted by Gasteiger charge is -2.26. The summed E-state index contributed by atoms with van der Waals surface area (Å²) in [5.41, 5.74) is 4.73. The van der Waals surface area contributed by atoms with Crippen LogP contribution in [0.2, 0.25) is 0 Å². The van der Waals surface area contributed by atoms with Gasteiger partial charge >= 0.3 is 0 Å². The zero-order valence-corrected chi connectivity index (χ0v) is 21.1. The summed E-state index contributed by atoms with van der Waals surface area (Å²) in [6.45, 7) is 4.07. The van der Waals surface area contributed by atoms with E-state index in [1.165, 1.54) is 10.4 Å². The summed E-state index contributed by atoms with van der Waals surface area (Å²) in [6.07, 6.45) is 3.59. The molecule has 4 heterocycles. The molecule has 5 aromatic rings. The van der Waals surface area contributed by atoms with Crippen molar-refractivity contribution in [2.75, 3.05) is 26.2 Å². The second-order valence-electron chi connectivity index (χ2n) is 9.14. The SMILES string of the molecule is Cc1ccc(-c2ccc3ncc4ccc(=O)n(-c5ccc(S(=O)(=O)N6CCNCC6)cc5)c4c3c2)cn1. The van der Waals surface area contributed by atoms with Gasteiger partial charge in [0.15, 0.2) is 0 Å². The third kappa shape index (κ3) is 4.21. The van der Waals surface area contributed by atoms with Gasteiger partial charge < -0.3 is 5.32 Å². The number of rotatable bonds is 4. The van der Waals surface area contributed by atoms with Gasteiger partial charge in [-0.05, 0) is 61.0 Å². The van der Waals surface area contributed by atoms with E-state index >= 15 is 0 Å². The minimum absolute atomic E-state index is 0.208. The van der Waals surface area contributed by atoms with Crippen LogP contribution in [-0.2, 0) is 10.0 Å². The molecule has 186 valence electrons. The number of hydrogen-bond acceptors (Lipinski definition) is 6. The molecule has 6 rings (SSSR count). The van der Waals surface area contributed by atoms with E-state index in [-0.39, 0.29) is 10.5 Å². The highest BCUT2D eigenvalue weighted by Crippen LogP contribution is 2.29. The Morgan fingerprint density at radius 1 is 0.838 bits per heavy atom. The Labute approximate surface area is 214 Å². The van der Waals surface area contributed by atoms with Gasteiger partial charge in [-0.2, -0.15) is 4.31 Å². The molecule has 0 atom stereocenters. The molecule has 0 amide bonds. The fourth-order valence-electron chi connectivity index (χ4n) is 4.79. The maximum absolute atomic E-state index is 13.2. The number of hydrogen-bond donors (Lipinski definition) is 1. The summed E-state index contributed by atoms with van der Waals surface area (Å²) >= 11 is 0. The van der Waals surface area contributed by atoms with Crippen LogP contribution in [0.1, 0.15) is 5.69 Å². The lowest BCUT2D eigenvalue weighted by atomic mass is 10.0. The standard InChI is InChI=1S/C28H25N5O3S/c1-19-2-3-21(17-30-19)20-4-10-26-25(16-20)28-22(18-31-26)5-11-27(34)33(28)23-6-8-24(9-7-23)37(35,36)32-14-12-29-13-15-32/h2-11,16-18,29H,12-15H2,1H3. The normalized spacial score (nSPS) is 14.8. The molecule has 1 saturated heterocycles. The topological polar surface area (TPSA) is 97.2 Å². The largest absolute Gasteiger partial charge is 0.314 e. The third-order valence-corrected chi connectivity index (χ3v) is 8.68. The smallest absolute Gasteiger partial charge is 0.255 e. The molecule has 0 unspecified atom stereocenters. The molecular weight excluding hydrogens is 486 g/mol. The number of piperazine rings is 1. The minimum atomic E-state index is -3.60. The Morgan fingerprint density at radius 3 is 2.32 bits per heavy atom. The molecular formula is C28H25N5O3S. The van der Waals surface area contributed by atoms with Crippen LogP contribution in [0.5, 0.6) is 0 Å². The molecule has 9 heteroatoms. The van der Waals surface area contributed by atoms with Gasteiger partial charge in [-0.1, -0.05) is 12.1 Å². The predicted octanol–water partition coefficient (Wildman–Crippen LogP) is 3.50. The van der Waals surface area contributed by atoms with Gasteiger partial charge in [0, 0.05) is 72.4 Å². The van der Waals surface area contributed by atoms with Crippen molar-refractivity contribution in [2.45, 2.75) is 11.8 Å². The van der Waals surface area contributed by atoms with Crippen LogP contribution in [0, 0.1) is 6.92 Å². The second-order valence-corrected chi connectivity index (χ2v) is 11.1. The van der Waals surface area contributed by atoms with Crippen LogP contribution in [0.15, 0.2) is 88.8 Å². The number of nitrogens with one attached hydrogen (secondary N) is 1. The molecule has 0 bridgehead atoms. The van der Waals surface area contributed by atoms with E-state index in [0.29, 0.717) is 31.9 Å². The monoisotopic (exact) mass is 511 g/mol. The first-order chi connectivity index (χ1) is 17.9. The molecule has 1 fully saturated rings. The van der Waals surface area contributed by atoms with E-state index in [9.17, 15) is 13.2 Å². The summed E-state index contributed by atoms with van der Waals surface area (Å²) in [5, 5.41) is 4.80.